The van der Waals surface area contributed by atoms with Crippen molar-refractivity contribution >= 4 is 8.07 Å². The van der Waals surface area contributed by atoms with E-state index in [1.807, 2.05) is 0 Å². The number of hydrogen-bond acceptors (Lipinski definition) is 0. The van der Waals surface area contributed by atoms with Crippen LogP contribution < -0.4 is 0 Å². The van der Waals surface area contributed by atoms with Crippen molar-refractivity contribution in [1.82, 2.24) is 0 Å². The van der Waals surface area contributed by atoms with Crippen LogP contribution in [0.15, 0.2) is 46.9 Å². The third kappa shape index (κ3) is 3.13. The number of hydrogen-bond donors (Lipinski definition) is 0. The van der Waals surface area contributed by atoms with Crippen molar-refractivity contribution < 1.29 is 0 Å². The molecule has 0 fully saturated rings. The first-order valence-electron chi connectivity index (χ1n) is 6.60. The first kappa shape index (κ1) is 13.1. The second-order valence-electron chi connectivity index (χ2n) is 6.32. The molecule has 0 heterocycles. The van der Waals surface area contributed by atoms with Gasteiger partial charge in [0, 0.05) is 6.42 Å². The summed E-state index contributed by atoms with van der Waals surface area (Å²) in [5.74, 6) is 0. The van der Waals surface area contributed by atoms with E-state index in [0.717, 1.165) is 6.42 Å². The van der Waals surface area contributed by atoms with Gasteiger partial charge in [0.15, 0.2) is 0 Å². The maximum Gasteiger partial charge on any atom is 0.0875 e. The molecule has 1 aliphatic carbocycles. The Kier molecular flexibility index (Phi) is 3.47. The van der Waals surface area contributed by atoms with Gasteiger partial charge in [-0.2, -0.15) is 0 Å². The molecule has 1 aliphatic rings. The lowest BCUT2D eigenvalue weighted by molar-refractivity contribution is 1.18. The molecule has 94 valence electrons. The lowest BCUT2D eigenvalue weighted by Gasteiger charge is -2.13. The van der Waals surface area contributed by atoms with Gasteiger partial charge in [0.25, 0.3) is 0 Å². The molecule has 0 aliphatic heterocycles. The molecule has 0 radical (unpaired) electrons. The minimum atomic E-state index is -1.21. The Morgan fingerprint density at radius 1 is 0.944 bits per heavy atom. The molecule has 1 aromatic rings. The molecule has 0 aromatic heterocycles. The second kappa shape index (κ2) is 4.76. The Labute approximate surface area is 112 Å². The largest absolute Gasteiger partial charge is 0.118 e. The normalized spacial score (nSPS) is 14.7. The van der Waals surface area contributed by atoms with E-state index in [1.165, 1.54) is 27.5 Å². The van der Waals surface area contributed by atoms with Crippen LogP contribution in [0.4, 0.5) is 0 Å². The lowest BCUT2D eigenvalue weighted by atomic mass is 10.0. The van der Waals surface area contributed by atoms with Crippen LogP contribution in [-0.2, 0) is 6.42 Å². The highest BCUT2D eigenvalue weighted by Gasteiger charge is 2.19. The van der Waals surface area contributed by atoms with Crippen LogP contribution in [0, 0.1) is 13.8 Å². The van der Waals surface area contributed by atoms with Gasteiger partial charge in [0.1, 0.15) is 0 Å². The molecule has 0 spiro atoms. The molecule has 0 saturated carbocycles. The van der Waals surface area contributed by atoms with Crippen LogP contribution >= 0.6 is 0 Å². The van der Waals surface area contributed by atoms with Crippen LogP contribution in [0.1, 0.15) is 16.7 Å². The molecular formula is C17H22Si. The van der Waals surface area contributed by atoms with Crippen molar-refractivity contribution in [2.75, 3.05) is 0 Å². The molecule has 0 amide bonds. The summed E-state index contributed by atoms with van der Waals surface area (Å²) in [6.07, 6.45) is 5.52. The molecule has 0 N–H and O–H groups in total. The van der Waals surface area contributed by atoms with Crippen molar-refractivity contribution in [2.45, 2.75) is 39.9 Å². The van der Waals surface area contributed by atoms with Crippen molar-refractivity contribution in [3.8, 4) is 0 Å². The summed E-state index contributed by atoms with van der Waals surface area (Å²) in [6.45, 7) is 11.5. The third-order valence-corrected chi connectivity index (χ3v) is 5.14. The predicted octanol–water partition coefficient (Wildman–Crippen LogP) is 4.74. The minimum absolute atomic E-state index is 1.01. The monoisotopic (exact) mass is 254 g/mol. The van der Waals surface area contributed by atoms with Crippen LogP contribution in [0.25, 0.3) is 0 Å². The first-order chi connectivity index (χ1) is 8.34. The fourth-order valence-electron chi connectivity index (χ4n) is 2.37. The fourth-order valence-corrected chi connectivity index (χ4v) is 3.49. The lowest BCUT2D eigenvalue weighted by Crippen LogP contribution is -2.21. The van der Waals surface area contributed by atoms with Crippen molar-refractivity contribution in [1.29, 1.82) is 0 Å². The highest BCUT2D eigenvalue weighted by atomic mass is 28.3. The molecule has 1 heteroatoms. The number of rotatable bonds is 3. The topological polar surface area (TPSA) is 0 Å². The Morgan fingerprint density at radius 3 is 2.06 bits per heavy atom. The Morgan fingerprint density at radius 2 is 1.56 bits per heavy atom. The van der Waals surface area contributed by atoms with E-state index in [4.69, 9.17) is 0 Å². The Balaban J connectivity index is 2.26. The Hall–Kier alpha value is -1.30. The molecule has 2 rings (SSSR count). The van der Waals surface area contributed by atoms with E-state index < -0.39 is 8.07 Å². The molecule has 18 heavy (non-hydrogen) atoms. The van der Waals surface area contributed by atoms with Gasteiger partial charge in [0.2, 0.25) is 0 Å². The number of benzene rings is 1. The zero-order valence-electron chi connectivity index (χ0n) is 12.1. The first-order valence-corrected chi connectivity index (χ1v) is 10.1. The average Bonchev–Trinajstić information content (AvgIpc) is 2.63. The van der Waals surface area contributed by atoms with Crippen LogP contribution in [-0.4, -0.2) is 8.07 Å². The summed E-state index contributed by atoms with van der Waals surface area (Å²) in [6, 6.07) is 6.79. The van der Waals surface area contributed by atoms with Crippen molar-refractivity contribution in [3.05, 3.63) is 63.5 Å². The van der Waals surface area contributed by atoms with Gasteiger partial charge in [-0.05, 0) is 30.2 Å². The molecule has 1 aromatic carbocycles. The fraction of sp³-hybridized carbons (Fsp3) is 0.353. The Bertz CT molecular complexity index is 542. The van der Waals surface area contributed by atoms with E-state index >= 15 is 0 Å². The van der Waals surface area contributed by atoms with Crippen LogP contribution in [0.5, 0.6) is 0 Å². The van der Waals surface area contributed by atoms with Crippen LogP contribution in [0.3, 0.4) is 0 Å². The minimum Gasteiger partial charge on any atom is -0.118 e. The van der Waals surface area contributed by atoms with Gasteiger partial charge in [-0.1, -0.05) is 61.1 Å². The van der Waals surface area contributed by atoms with Gasteiger partial charge in [0.05, 0.1) is 8.07 Å². The molecule has 0 saturated heterocycles. The standard InChI is InChI=1S/C17H22Si/c1-13-8-14(2)10-16(9-13)11-15-6-7-17(12-15)18(3,4)5/h6-10H,11H2,1-5H3. The molecule has 0 bridgehead atoms. The summed E-state index contributed by atoms with van der Waals surface area (Å²) in [5.41, 5.74) is 9.03. The zero-order valence-corrected chi connectivity index (χ0v) is 13.1. The number of allylic oxidation sites excluding steroid dienone is 3. The average molecular weight is 254 g/mol. The summed E-state index contributed by atoms with van der Waals surface area (Å²) in [5, 5.41) is 1.45. The molecule has 0 nitrogen and oxygen atoms in total. The maximum atomic E-state index is 3.60. The quantitative estimate of drug-likeness (QED) is 0.539. The number of aryl methyl sites for hydroxylation is 2. The SMILES string of the molecule is Cc1cc(C)cc(CC2=C=C([Si](C)(C)C)C=C2)c1. The van der Waals surface area contributed by atoms with Gasteiger partial charge >= 0.3 is 0 Å². The zero-order chi connectivity index (χ0) is 13.3. The van der Waals surface area contributed by atoms with E-state index in [1.54, 1.807) is 0 Å². The van der Waals surface area contributed by atoms with Crippen molar-refractivity contribution in [3.63, 3.8) is 0 Å². The third-order valence-electron chi connectivity index (χ3n) is 3.23. The van der Waals surface area contributed by atoms with Gasteiger partial charge in [-0.15, -0.1) is 5.73 Å². The summed E-state index contributed by atoms with van der Waals surface area (Å²) in [7, 11) is -1.21. The molecule has 0 atom stereocenters. The highest BCUT2D eigenvalue weighted by Crippen LogP contribution is 2.23. The van der Waals surface area contributed by atoms with E-state index in [9.17, 15) is 0 Å². The van der Waals surface area contributed by atoms with Crippen molar-refractivity contribution in [2.24, 2.45) is 0 Å². The van der Waals surface area contributed by atoms with Gasteiger partial charge < -0.3 is 0 Å². The van der Waals surface area contributed by atoms with Gasteiger partial charge in [-0.3, -0.25) is 0 Å². The smallest absolute Gasteiger partial charge is 0.0875 e. The molecule has 0 unspecified atom stereocenters. The molecular weight excluding hydrogens is 232 g/mol. The van der Waals surface area contributed by atoms with Gasteiger partial charge in [-0.25, -0.2) is 0 Å². The summed E-state index contributed by atoms with van der Waals surface area (Å²) in [4.78, 5) is 0. The van der Waals surface area contributed by atoms with E-state index in [0.29, 0.717) is 0 Å². The summed E-state index contributed by atoms with van der Waals surface area (Å²) < 4.78 is 0. The second-order valence-corrected chi connectivity index (χ2v) is 11.4. The highest BCUT2D eigenvalue weighted by molar-refractivity contribution is 6.83. The van der Waals surface area contributed by atoms with E-state index in [2.05, 4.69) is 69.6 Å². The maximum absolute atomic E-state index is 3.60. The summed E-state index contributed by atoms with van der Waals surface area (Å²) >= 11 is 0. The predicted molar refractivity (Wildman–Crippen MR) is 82.6 cm³/mol. The van der Waals surface area contributed by atoms with Crippen LogP contribution in [0.2, 0.25) is 19.6 Å². The van der Waals surface area contributed by atoms with E-state index in [-0.39, 0.29) is 0 Å².